The molecule has 0 spiro atoms. The van der Waals surface area contributed by atoms with Gasteiger partial charge in [-0.15, -0.1) is 0 Å². The Labute approximate surface area is 142 Å². The van der Waals surface area contributed by atoms with Crippen molar-refractivity contribution in [2.75, 3.05) is 7.05 Å². The number of hydrogen-bond donors (Lipinski definition) is 0. The average molecular weight is 411 g/mol. The van der Waals surface area contributed by atoms with Crippen molar-refractivity contribution in [3.05, 3.63) is 67.6 Å². The summed E-state index contributed by atoms with van der Waals surface area (Å²) >= 11 is 6.85. The third-order valence-corrected chi connectivity index (χ3v) is 4.60. The number of rotatable bonds is 3. The number of hydrogen-bond acceptors (Lipinski definition) is 1. The minimum atomic E-state index is 0.00292. The Bertz CT molecular complexity index is 682. The van der Waals surface area contributed by atoms with Crippen molar-refractivity contribution in [3.8, 4) is 0 Å². The normalized spacial score (nSPS) is 10.5. The van der Waals surface area contributed by atoms with Gasteiger partial charge in [0.05, 0.1) is 5.56 Å². The summed E-state index contributed by atoms with van der Waals surface area (Å²) in [5.41, 5.74) is 4.28. The van der Waals surface area contributed by atoms with Crippen LogP contribution in [0.25, 0.3) is 0 Å². The van der Waals surface area contributed by atoms with Gasteiger partial charge in [-0.1, -0.05) is 39.7 Å². The lowest BCUT2D eigenvalue weighted by Gasteiger charge is -2.19. The summed E-state index contributed by atoms with van der Waals surface area (Å²) in [5.74, 6) is 0.00292. The van der Waals surface area contributed by atoms with Gasteiger partial charge in [-0.2, -0.15) is 0 Å². The standard InChI is InChI=1S/C17H17Br2NO/c1-11-4-5-13(12(2)8-11)10-20(3)17(21)15-9-14(18)6-7-16(15)19/h4-9H,10H2,1-3H3. The zero-order valence-electron chi connectivity index (χ0n) is 12.3. The van der Waals surface area contributed by atoms with Crippen molar-refractivity contribution in [1.82, 2.24) is 4.90 Å². The lowest BCUT2D eigenvalue weighted by atomic mass is 10.1. The first-order valence-electron chi connectivity index (χ1n) is 6.65. The molecule has 0 fully saturated rings. The Kier molecular flexibility index (Phi) is 5.22. The van der Waals surface area contributed by atoms with Gasteiger partial charge in [0.25, 0.3) is 5.91 Å². The van der Waals surface area contributed by atoms with Crippen molar-refractivity contribution in [1.29, 1.82) is 0 Å². The Hall–Kier alpha value is -1.13. The number of nitrogens with zero attached hydrogens (tertiary/aromatic N) is 1. The molecule has 0 aliphatic heterocycles. The van der Waals surface area contributed by atoms with Gasteiger partial charge in [0, 0.05) is 22.5 Å². The molecule has 0 aliphatic carbocycles. The molecule has 21 heavy (non-hydrogen) atoms. The van der Waals surface area contributed by atoms with Crippen LogP contribution < -0.4 is 0 Å². The second kappa shape index (κ2) is 6.75. The van der Waals surface area contributed by atoms with Crippen molar-refractivity contribution < 1.29 is 4.79 Å². The van der Waals surface area contributed by atoms with Crippen LogP contribution in [0.1, 0.15) is 27.0 Å². The molecule has 2 rings (SSSR count). The van der Waals surface area contributed by atoms with Gasteiger partial charge >= 0.3 is 0 Å². The van der Waals surface area contributed by atoms with Crippen LogP contribution in [0, 0.1) is 13.8 Å². The lowest BCUT2D eigenvalue weighted by molar-refractivity contribution is 0.0784. The number of benzene rings is 2. The third kappa shape index (κ3) is 3.95. The SMILES string of the molecule is Cc1ccc(CN(C)C(=O)c2cc(Br)ccc2Br)c(C)c1. The monoisotopic (exact) mass is 409 g/mol. The molecule has 0 aromatic heterocycles. The second-order valence-corrected chi connectivity index (χ2v) is 6.99. The summed E-state index contributed by atoms with van der Waals surface area (Å²) in [6, 6.07) is 11.9. The summed E-state index contributed by atoms with van der Waals surface area (Å²) < 4.78 is 1.71. The molecule has 0 N–H and O–H groups in total. The molecule has 0 radical (unpaired) electrons. The van der Waals surface area contributed by atoms with Crippen LogP contribution in [0.3, 0.4) is 0 Å². The highest BCUT2D eigenvalue weighted by Crippen LogP contribution is 2.23. The molecular weight excluding hydrogens is 394 g/mol. The second-order valence-electron chi connectivity index (χ2n) is 5.22. The van der Waals surface area contributed by atoms with Crippen molar-refractivity contribution >= 4 is 37.8 Å². The molecule has 4 heteroatoms. The van der Waals surface area contributed by atoms with Gasteiger partial charge in [-0.3, -0.25) is 4.79 Å². The highest BCUT2D eigenvalue weighted by Gasteiger charge is 2.16. The predicted octanol–water partition coefficient (Wildman–Crippen LogP) is 5.10. The Morgan fingerprint density at radius 2 is 1.81 bits per heavy atom. The molecule has 0 bridgehead atoms. The van der Waals surface area contributed by atoms with Crippen LogP contribution in [-0.2, 0) is 6.54 Å². The first kappa shape index (κ1) is 16.2. The summed E-state index contributed by atoms with van der Waals surface area (Å²) in [7, 11) is 1.83. The molecule has 0 saturated heterocycles. The molecule has 1 amide bonds. The molecule has 2 aromatic carbocycles. The summed E-state index contributed by atoms with van der Waals surface area (Å²) in [5, 5.41) is 0. The maximum absolute atomic E-state index is 12.6. The van der Waals surface area contributed by atoms with Gasteiger partial charge in [0.2, 0.25) is 0 Å². The number of carbonyl (C=O) groups excluding carboxylic acids is 1. The smallest absolute Gasteiger partial charge is 0.255 e. The Morgan fingerprint density at radius 1 is 1.10 bits per heavy atom. The van der Waals surface area contributed by atoms with Gasteiger partial charge in [-0.25, -0.2) is 0 Å². The van der Waals surface area contributed by atoms with Gasteiger partial charge in [0.1, 0.15) is 0 Å². The predicted molar refractivity (Wildman–Crippen MR) is 93.6 cm³/mol. The molecule has 110 valence electrons. The van der Waals surface area contributed by atoms with E-state index in [4.69, 9.17) is 0 Å². The van der Waals surface area contributed by atoms with E-state index in [0.29, 0.717) is 12.1 Å². The van der Waals surface area contributed by atoms with E-state index in [2.05, 4.69) is 63.9 Å². The minimum absolute atomic E-state index is 0.00292. The molecule has 0 saturated carbocycles. The van der Waals surface area contributed by atoms with E-state index in [0.717, 1.165) is 8.95 Å². The first-order chi connectivity index (χ1) is 9.88. The Morgan fingerprint density at radius 3 is 2.48 bits per heavy atom. The average Bonchev–Trinajstić information content (AvgIpc) is 2.43. The topological polar surface area (TPSA) is 20.3 Å². The molecular formula is C17H17Br2NO. The fourth-order valence-electron chi connectivity index (χ4n) is 2.22. The largest absolute Gasteiger partial charge is 0.337 e. The van der Waals surface area contributed by atoms with Crippen LogP contribution in [0.15, 0.2) is 45.3 Å². The fraction of sp³-hybridized carbons (Fsp3) is 0.235. The maximum atomic E-state index is 12.6. The van der Waals surface area contributed by atoms with Gasteiger partial charge in [0.15, 0.2) is 0 Å². The van der Waals surface area contributed by atoms with E-state index in [1.54, 1.807) is 4.90 Å². The number of aryl methyl sites for hydroxylation is 2. The van der Waals surface area contributed by atoms with Gasteiger partial charge in [-0.05, 0) is 59.1 Å². The van der Waals surface area contributed by atoms with E-state index in [1.807, 2.05) is 25.2 Å². The van der Waals surface area contributed by atoms with Gasteiger partial charge < -0.3 is 4.90 Å². The lowest BCUT2D eigenvalue weighted by Crippen LogP contribution is -2.26. The van der Waals surface area contributed by atoms with Crippen molar-refractivity contribution in [2.45, 2.75) is 20.4 Å². The van der Waals surface area contributed by atoms with Crippen molar-refractivity contribution in [2.24, 2.45) is 0 Å². The minimum Gasteiger partial charge on any atom is -0.337 e. The number of halogens is 2. The van der Waals surface area contributed by atoms with Crippen LogP contribution in [0.5, 0.6) is 0 Å². The molecule has 2 nitrogen and oxygen atoms in total. The zero-order valence-corrected chi connectivity index (χ0v) is 15.5. The van der Waals surface area contributed by atoms with E-state index in [9.17, 15) is 4.79 Å². The van der Waals surface area contributed by atoms with E-state index >= 15 is 0 Å². The van der Waals surface area contributed by atoms with Crippen LogP contribution in [0.4, 0.5) is 0 Å². The van der Waals surface area contributed by atoms with E-state index in [-0.39, 0.29) is 5.91 Å². The first-order valence-corrected chi connectivity index (χ1v) is 8.23. The highest BCUT2D eigenvalue weighted by molar-refractivity contribution is 9.11. The third-order valence-electron chi connectivity index (χ3n) is 3.41. The quantitative estimate of drug-likeness (QED) is 0.689. The zero-order chi connectivity index (χ0) is 15.6. The van der Waals surface area contributed by atoms with Crippen LogP contribution in [0.2, 0.25) is 0 Å². The molecule has 0 heterocycles. The molecule has 2 aromatic rings. The van der Waals surface area contributed by atoms with E-state index < -0.39 is 0 Å². The fourth-order valence-corrected chi connectivity index (χ4v) is 2.99. The van der Waals surface area contributed by atoms with E-state index in [1.165, 1.54) is 16.7 Å². The summed E-state index contributed by atoms with van der Waals surface area (Å²) in [6.45, 7) is 4.75. The maximum Gasteiger partial charge on any atom is 0.255 e. The molecule has 0 atom stereocenters. The number of carbonyl (C=O) groups is 1. The highest BCUT2D eigenvalue weighted by atomic mass is 79.9. The Balaban J connectivity index is 2.21. The molecule has 0 aliphatic rings. The van der Waals surface area contributed by atoms with Crippen LogP contribution in [-0.4, -0.2) is 17.9 Å². The molecule has 0 unspecified atom stereocenters. The van der Waals surface area contributed by atoms with Crippen LogP contribution >= 0.6 is 31.9 Å². The number of amides is 1. The summed E-state index contributed by atoms with van der Waals surface area (Å²) in [6.07, 6.45) is 0. The van der Waals surface area contributed by atoms with Crippen molar-refractivity contribution in [3.63, 3.8) is 0 Å². The summed E-state index contributed by atoms with van der Waals surface area (Å²) in [4.78, 5) is 14.3.